The molecule has 46 heavy (non-hydrogen) atoms. The fourth-order valence-electron chi connectivity index (χ4n) is 7.38. The van der Waals surface area contributed by atoms with Gasteiger partial charge in [0.05, 0.1) is 11.8 Å². The largest absolute Gasteiger partial charge is 0.481 e. The van der Waals surface area contributed by atoms with Gasteiger partial charge in [0.1, 0.15) is 0 Å². The first kappa shape index (κ1) is 44.9. The van der Waals surface area contributed by atoms with Crippen LogP contribution in [0.15, 0.2) is 0 Å². The Hall–Kier alpha value is -1.06. The van der Waals surface area contributed by atoms with Crippen molar-refractivity contribution in [2.75, 3.05) is 0 Å². The van der Waals surface area contributed by atoms with E-state index < -0.39 is 23.8 Å². The van der Waals surface area contributed by atoms with Gasteiger partial charge in [0.2, 0.25) is 0 Å². The van der Waals surface area contributed by atoms with E-state index in [4.69, 9.17) is 0 Å². The highest BCUT2D eigenvalue weighted by atomic mass is 16.4. The molecule has 0 heterocycles. The van der Waals surface area contributed by atoms with Crippen molar-refractivity contribution in [2.24, 2.45) is 17.8 Å². The number of rotatable bonds is 38. The van der Waals surface area contributed by atoms with Gasteiger partial charge in [0.25, 0.3) is 0 Å². The summed E-state index contributed by atoms with van der Waals surface area (Å²) in [4.78, 5) is 24.9. The van der Waals surface area contributed by atoms with Crippen LogP contribution in [0.1, 0.15) is 239 Å². The van der Waals surface area contributed by atoms with Crippen molar-refractivity contribution in [2.45, 2.75) is 239 Å². The SMILES string of the molecule is CCCCCCCCCCCCC(CC(CCCCCCCCCCCC)C(CCCCCCCCCCCC)C(=O)O)C(=O)O. The molecule has 0 saturated carbocycles. The third-order valence-corrected chi connectivity index (χ3v) is 10.5. The van der Waals surface area contributed by atoms with Crippen LogP contribution in [0.4, 0.5) is 0 Å². The first-order valence-electron chi connectivity index (χ1n) is 20.9. The molecule has 3 atom stereocenters. The predicted octanol–water partition coefficient (Wildman–Crippen LogP) is 14.3. The zero-order chi connectivity index (χ0) is 33.9. The molecule has 0 aromatic heterocycles. The molecule has 0 saturated heterocycles. The Morgan fingerprint density at radius 1 is 0.370 bits per heavy atom. The van der Waals surface area contributed by atoms with E-state index in [1.54, 1.807) is 0 Å². The summed E-state index contributed by atoms with van der Waals surface area (Å²) >= 11 is 0. The molecule has 4 nitrogen and oxygen atoms in total. The van der Waals surface area contributed by atoms with Crippen LogP contribution in [0.5, 0.6) is 0 Å². The highest BCUT2D eigenvalue weighted by Crippen LogP contribution is 2.33. The molecular formula is C42H82O4. The van der Waals surface area contributed by atoms with Crippen molar-refractivity contribution in [3.63, 3.8) is 0 Å². The first-order valence-corrected chi connectivity index (χ1v) is 20.9. The lowest BCUT2D eigenvalue weighted by molar-refractivity contribution is -0.147. The summed E-state index contributed by atoms with van der Waals surface area (Å²) in [5.74, 6) is -2.24. The molecule has 0 fully saturated rings. The standard InChI is InChI=1S/C42H82O4/c1-4-7-10-13-16-19-22-25-28-31-34-38(40(42(45)46)36-33-30-27-24-21-18-15-12-9-6-3)37-39(41(43)44)35-32-29-26-23-20-17-14-11-8-5-2/h38-40H,4-37H2,1-3H3,(H,43,44)(H,45,46). The zero-order valence-corrected chi connectivity index (χ0v) is 31.5. The Kier molecular flexibility index (Phi) is 34.4. The van der Waals surface area contributed by atoms with Gasteiger partial charge in [-0.15, -0.1) is 0 Å². The van der Waals surface area contributed by atoms with Crippen LogP contribution < -0.4 is 0 Å². The quantitative estimate of drug-likeness (QED) is 0.0652. The molecule has 2 N–H and O–H groups in total. The summed E-state index contributed by atoms with van der Waals surface area (Å²) in [6, 6.07) is 0. The average Bonchev–Trinajstić information content (AvgIpc) is 3.04. The van der Waals surface area contributed by atoms with E-state index in [0.717, 1.165) is 44.9 Å². The van der Waals surface area contributed by atoms with Gasteiger partial charge < -0.3 is 10.2 Å². The summed E-state index contributed by atoms with van der Waals surface area (Å²) in [6.45, 7) is 6.77. The molecule has 0 aromatic rings. The van der Waals surface area contributed by atoms with Crippen molar-refractivity contribution in [1.82, 2.24) is 0 Å². The second kappa shape index (κ2) is 35.3. The number of carbonyl (C=O) groups is 2. The summed E-state index contributed by atoms with van der Waals surface area (Å²) in [5, 5.41) is 20.5. The van der Waals surface area contributed by atoms with Crippen molar-refractivity contribution in [1.29, 1.82) is 0 Å². The molecule has 0 spiro atoms. The fraction of sp³-hybridized carbons (Fsp3) is 0.952. The number of unbranched alkanes of at least 4 members (excludes halogenated alkanes) is 27. The van der Waals surface area contributed by atoms with E-state index in [-0.39, 0.29) is 5.92 Å². The third-order valence-electron chi connectivity index (χ3n) is 10.5. The highest BCUT2D eigenvalue weighted by Gasteiger charge is 2.31. The normalized spacial score (nSPS) is 13.5. The summed E-state index contributed by atoms with van der Waals surface area (Å²) < 4.78 is 0. The van der Waals surface area contributed by atoms with E-state index in [1.165, 1.54) is 154 Å². The van der Waals surface area contributed by atoms with E-state index in [0.29, 0.717) is 19.3 Å². The number of aliphatic carboxylic acids is 2. The number of carboxylic acid groups (broad SMARTS) is 2. The third kappa shape index (κ3) is 29.1. The van der Waals surface area contributed by atoms with E-state index >= 15 is 0 Å². The van der Waals surface area contributed by atoms with E-state index in [1.807, 2.05) is 0 Å². The van der Waals surface area contributed by atoms with Crippen LogP contribution in [0.2, 0.25) is 0 Å². The lowest BCUT2D eigenvalue weighted by atomic mass is 9.77. The molecule has 0 aliphatic rings. The molecular weight excluding hydrogens is 568 g/mol. The van der Waals surface area contributed by atoms with Crippen LogP contribution in [-0.4, -0.2) is 22.2 Å². The van der Waals surface area contributed by atoms with Gasteiger partial charge in [0, 0.05) is 0 Å². The van der Waals surface area contributed by atoms with Gasteiger partial charge in [0.15, 0.2) is 0 Å². The summed E-state index contributed by atoms with van der Waals surface area (Å²) in [5.41, 5.74) is 0. The maximum absolute atomic E-state index is 12.6. The van der Waals surface area contributed by atoms with Crippen molar-refractivity contribution >= 4 is 11.9 Å². The minimum absolute atomic E-state index is 0.0191. The molecule has 3 unspecified atom stereocenters. The summed E-state index contributed by atoms with van der Waals surface area (Å²) in [6.07, 6.45) is 40.4. The maximum Gasteiger partial charge on any atom is 0.306 e. The molecule has 274 valence electrons. The Morgan fingerprint density at radius 2 is 0.652 bits per heavy atom. The first-order chi connectivity index (χ1) is 22.5. The number of hydrogen-bond donors (Lipinski definition) is 2. The van der Waals surface area contributed by atoms with Crippen LogP contribution in [-0.2, 0) is 9.59 Å². The second-order valence-electron chi connectivity index (χ2n) is 14.9. The Balaban J connectivity index is 4.79. The number of hydrogen-bond acceptors (Lipinski definition) is 2. The van der Waals surface area contributed by atoms with Gasteiger partial charge in [-0.2, -0.15) is 0 Å². The lowest BCUT2D eigenvalue weighted by Crippen LogP contribution is -2.28. The van der Waals surface area contributed by atoms with E-state index in [2.05, 4.69) is 20.8 Å². The minimum Gasteiger partial charge on any atom is -0.481 e. The van der Waals surface area contributed by atoms with E-state index in [9.17, 15) is 19.8 Å². The summed E-state index contributed by atoms with van der Waals surface area (Å²) in [7, 11) is 0. The number of carboxylic acids is 2. The Morgan fingerprint density at radius 3 is 0.957 bits per heavy atom. The van der Waals surface area contributed by atoms with Crippen LogP contribution in [0.25, 0.3) is 0 Å². The lowest BCUT2D eigenvalue weighted by Gasteiger charge is -2.27. The average molecular weight is 651 g/mol. The van der Waals surface area contributed by atoms with Crippen LogP contribution in [0.3, 0.4) is 0 Å². The van der Waals surface area contributed by atoms with Gasteiger partial charge in [-0.1, -0.05) is 213 Å². The smallest absolute Gasteiger partial charge is 0.306 e. The molecule has 0 rings (SSSR count). The Bertz CT molecular complexity index is 648. The maximum atomic E-state index is 12.6. The molecule has 0 amide bonds. The van der Waals surface area contributed by atoms with Gasteiger partial charge in [-0.3, -0.25) is 9.59 Å². The minimum atomic E-state index is -0.716. The molecule has 0 aromatic carbocycles. The zero-order valence-electron chi connectivity index (χ0n) is 31.5. The second-order valence-corrected chi connectivity index (χ2v) is 14.9. The van der Waals surface area contributed by atoms with Gasteiger partial charge in [-0.05, 0) is 31.6 Å². The molecule has 0 radical (unpaired) electrons. The molecule has 0 aliphatic heterocycles. The van der Waals surface area contributed by atoms with Crippen LogP contribution in [0, 0.1) is 17.8 Å². The van der Waals surface area contributed by atoms with Gasteiger partial charge >= 0.3 is 11.9 Å². The van der Waals surface area contributed by atoms with Crippen LogP contribution >= 0.6 is 0 Å². The van der Waals surface area contributed by atoms with Crippen molar-refractivity contribution in [3.05, 3.63) is 0 Å². The van der Waals surface area contributed by atoms with Crippen molar-refractivity contribution in [3.8, 4) is 0 Å². The Labute approximate surface area is 288 Å². The molecule has 4 heteroatoms. The topological polar surface area (TPSA) is 74.6 Å². The predicted molar refractivity (Wildman–Crippen MR) is 200 cm³/mol. The molecule has 0 aliphatic carbocycles. The highest BCUT2D eigenvalue weighted by molar-refractivity contribution is 5.71. The van der Waals surface area contributed by atoms with Crippen molar-refractivity contribution < 1.29 is 19.8 Å². The van der Waals surface area contributed by atoms with Gasteiger partial charge in [-0.25, -0.2) is 0 Å². The monoisotopic (exact) mass is 651 g/mol. The molecule has 0 bridgehead atoms. The fourth-order valence-corrected chi connectivity index (χ4v) is 7.38.